The summed E-state index contributed by atoms with van der Waals surface area (Å²) in [7, 11) is -3.94. The summed E-state index contributed by atoms with van der Waals surface area (Å²) in [5.74, 6) is -1.50. The molecule has 0 heterocycles. The van der Waals surface area contributed by atoms with Crippen molar-refractivity contribution in [3.8, 4) is 0 Å². The third-order valence-corrected chi connectivity index (χ3v) is 6.68. The third-order valence-electron chi connectivity index (χ3n) is 4.74. The van der Waals surface area contributed by atoms with Crippen molar-refractivity contribution in [1.82, 2.24) is 10.2 Å². The van der Waals surface area contributed by atoms with E-state index in [4.69, 9.17) is 23.2 Å². The Morgan fingerprint density at radius 1 is 1.06 bits per heavy atom. The predicted octanol–water partition coefficient (Wildman–Crippen LogP) is 3.84. The zero-order valence-corrected chi connectivity index (χ0v) is 21.0. The number of carbonyl (C=O) groups is 2. The van der Waals surface area contributed by atoms with Gasteiger partial charge in [-0.15, -0.1) is 0 Å². The van der Waals surface area contributed by atoms with Gasteiger partial charge in [-0.1, -0.05) is 41.4 Å². The van der Waals surface area contributed by atoms with E-state index in [-0.39, 0.29) is 28.3 Å². The monoisotopic (exact) mass is 517 g/mol. The van der Waals surface area contributed by atoms with Crippen LogP contribution in [0.15, 0.2) is 42.5 Å². The smallest absolute Gasteiger partial charge is 0.244 e. The quantitative estimate of drug-likeness (QED) is 0.547. The fourth-order valence-corrected chi connectivity index (χ4v) is 4.36. The molecular formula is C22H26Cl2FN3O4S. The molecule has 2 amide bonds. The largest absolute Gasteiger partial charge is 0.352 e. The van der Waals surface area contributed by atoms with E-state index < -0.39 is 40.2 Å². The van der Waals surface area contributed by atoms with E-state index in [2.05, 4.69) is 5.32 Å². The van der Waals surface area contributed by atoms with Crippen LogP contribution in [0.2, 0.25) is 10.0 Å². The van der Waals surface area contributed by atoms with Crippen molar-refractivity contribution in [2.45, 2.75) is 39.4 Å². The van der Waals surface area contributed by atoms with Crippen molar-refractivity contribution in [2.24, 2.45) is 0 Å². The molecule has 0 saturated heterocycles. The molecule has 180 valence electrons. The topological polar surface area (TPSA) is 86.8 Å². The molecule has 11 heteroatoms. The molecule has 0 aliphatic rings. The maximum Gasteiger partial charge on any atom is 0.244 e. The third kappa shape index (κ3) is 7.31. The number of hydrogen-bond donors (Lipinski definition) is 1. The maximum atomic E-state index is 13.4. The summed E-state index contributed by atoms with van der Waals surface area (Å²) in [6.07, 6.45) is 0.941. The molecule has 2 aromatic rings. The standard InChI is InChI=1S/C22H26Cl2FN3O4S/c1-14(2)26-22(30)15(3)27(12-16-8-10-17(25)11-9-16)20(29)13-28(33(4,31)32)19-7-5-6-18(23)21(19)24/h5-11,14-15H,12-13H2,1-4H3,(H,26,30). The average Bonchev–Trinajstić information content (AvgIpc) is 2.72. The highest BCUT2D eigenvalue weighted by Crippen LogP contribution is 2.33. The average molecular weight is 518 g/mol. The zero-order valence-electron chi connectivity index (χ0n) is 18.7. The molecular weight excluding hydrogens is 492 g/mol. The van der Waals surface area contributed by atoms with Gasteiger partial charge in [0.1, 0.15) is 18.4 Å². The number of anilines is 1. The van der Waals surface area contributed by atoms with Crippen LogP contribution < -0.4 is 9.62 Å². The van der Waals surface area contributed by atoms with Crippen LogP contribution in [-0.2, 0) is 26.2 Å². The van der Waals surface area contributed by atoms with E-state index in [0.29, 0.717) is 5.56 Å². The van der Waals surface area contributed by atoms with Crippen LogP contribution in [-0.4, -0.2) is 50.0 Å². The lowest BCUT2D eigenvalue weighted by Gasteiger charge is -2.32. The van der Waals surface area contributed by atoms with Crippen molar-refractivity contribution in [2.75, 3.05) is 17.1 Å². The van der Waals surface area contributed by atoms with Crippen LogP contribution in [0, 0.1) is 5.82 Å². The number of amides is 2. The van der Waals surface area contributed by atoms with Crippen LogP contribution in [0.1, 0.15) is 26.3 Å². The summed E-state index contributed by atoms with van der Waals surface area (Å²) in [6.45, 7) is 4.45. The molecule has 0 radical (unpaired) electrons. The normalized spacial score (nSPS) is 12.4. The Labute approximate surface area is 203 Å². The minimum Gasteiger partial charge on any atom is -0.352 e. The molecule has 0 saturated carbocycles. The molecule has 1 unspecified atom stereocenters. The second-order valence-electron chi connectivity index (χ2n) is 7.83. The Kier molecular flexibility index (Phi) is 9.11. The van der Waals surface area contributed by atoms with E-state index in [9.17, 15) is 22.4 Å². The molecule has 33 heavy (non-hydrogen) atoms. The summed E-state index contributed by atoms with van der Waals surface area (Å²) in [6, 6.07) is 8.81. The Balaban J connectivity index is 2.43. The van der Waals surface area contributed by atoms with Gasteiger partial charge in [-0.2, -0.15) is 0 Å². The SMILES string of the molecule is CC(C)NC(=O)C(C)N(Cc1ccc(F)cc1)C(=O)CN(c1cccc(Cl)c1Cl)S(C)(=O)=O. The molecule has 1 N–H and O–H groups in total. The van der Waals surface area contributed by atoms with E-state index >= 15 is 0 Å². The van der Waals surface area contributed by atoms with Gasteiger partial charge in [0.15, 0.2) is 0 Å². The second-order valence-corrected chi connectivity index (χ2v) is 10.5. The van der Waals surface area contributed by atoms with Gasteiger partial charge >= 0.3 is 0 Å². The molecule has 0 spiro atoms. The van der Waals surface area contributed by atoms with Crippen LogP contribution in [0.3, 0.4) is 0 Å². The number of halogens is 3. The molecule has 2 aromatic carbocycles. The van der Waals surface area contributed by atoms with Gasteiger partial charge in [0.25, 0.3) is 0 Å². The first-order chi connectivity index (χ1) is 15.3. The lowest BCUT2D eigenvalue weighted by atomic mass is 10.1. The van der Waals surface area contributed by atoms with Crippen LogP contribution in [0.4, 0.5) is 10.1 Å². The van der Waals surface area contributed by atoms with Gasteiger partial charge in [-0.25, -0.2) is 12.8 Å². The maximum absolute atomic E-state index is 13.4. The number of carbonyl (C=O) groups excluding carboxylic acids is 2. The molecule has 0 fully saturated rings. The van der Waals surface area contributed by atoms with Crippen LogP contribution in [0.5, 0.6) is 0 Å². The molecule has 0 aliphatic heterocycles. The molecule has 0 bridgehead atoms. The molecule has 0 aliphatic carbocycles. The fraction of sp³-hybridized carbons (Fsp3) is 0.364. The van der Waals surface area contributed by atoms with Crippen molar-refractivity contribution in [3.63, 3.8) is 0 Å². The number of nitrogens with zero attached hydrogens (tertiary/aromatic N) is 2. The highest BCUT2D eigenvalue weighted by atomic mass is 35.5. The van der Waals surface area contributed by atoms with Gasteiger partial charge in [-0.05, 0) is 50.6 Å². The van der Waals surface area contributed by atoms with Crippen molar-refractivity contribution in [1.29, 1.82) is 0 Å². The van der Waals surface area contributed by atoms with Gasteiger partial charge in [0.05, 0.1) is 22.0 Å². The summed E-state index contributed by atoms with van der Waals surface area (Å²) in [5, 5.41) is 2.85. The van der Waals surface area contributed by atoms with Crippen LogP contribution in [0.25, 0.3) is 0 Å². The lowest BCUT2D eigenvalue weighted by Crippen LogP contribution is -2.52. The van der Waals surface area contributed by atoms with Crippen molar-refractivity contribution < 1.29 is 22.4 Å². The zero-order chi connectivity index (χ0) is 24.9. The summed E-state index contributed by atoms with van der Waals surface area (Å²) >= 11 is 12.2. The van der Waals surface area contributed by atoms with E-state index in [1.165, 1.54) is 54.3 Å². The Morgan fingerprint density at radius 2 is 1.67 bits per heavy atom. The Hall–Kier alpha value is -2.36. The number of benzene rings is 2. The van der Waals surface area contributed by atoms with Crippen molar-refractivity contribution >= 4 is 50.7 Å². The van der Waals surface area contributed by atoms with Gasteiger partial charge in [-0.3, -0.25) is 13.9 Å². The number of nitrogens with one attached hydrogen (secondary N) is 1. The first kappa shape index (κ1) is 26.9. The molecule has 1 atom stereocenters. The van der Waals surface area contributed by atoms with E-state index in [1.54, 1.807) is 13.8 Å². The number of hydrogen-bond acceptors (Lipinski definition) is 4. The predicted molar refractivity (Wildman–Crippen MR) is 128 cm³/mol. The molecule has 0 aromatic heterocycles. The van der Waals surface area contributed by atoms with Gasteiger partial charge < -0.3 is 10.2 Å². The lowest BCUT2D eigenvalue weighted by molar-refractivity contribution is -0.139. The fourth-order valence-electron chi connectivity index (χ4n) is 3.05. The number of sulfonamides is 1. The molecule has 7 nitrogen and oxygen atoms in total. The van der Waals surface area contributed by atoms with Gasteiger partial charge in [0.2, 0.25) is 21.8 Å². The highest BCUT2D eigenvalue weighted by Gasteiger charge is 2.31. The summed E-state index contributed by atoms with van der Waals surface area (Å²) in [4.78, 5) is 27.3. The first-order valence-electron chi connectivity index (χ1n) is 10.1. The van der Waals surface area contributed by atoms with E-state index in [1.807, 2.05) is 0 Å². The Bertz CT molecular complexity index is 1110. The minimum atomic E-state index is -3.94. The van der Waals surface area contributed by atoms with Crippen molar-refractivity contribution in [3.05, 3.63) is 63.9 Å². The van der Waals surface area contributed by atoms with Gasteiger partial charge in [0, 0.05) is 12.6 Å². The minimum absolute atomic E-state index is 0.0203. The van der Waals surface area contributed by atoms with Crippen LogP contribution >= 0.6 is 23.2 Å². The van der Waals surface area contributed by atoms with E-state index in [0.717, 1.165) is 10.6 Å². The molecule has 2 rings (SSSR count). The second kappa shape index (κ2) is 11.2. The number of rotatable bonds is 9. The Morgan fingerprint density at radius 3 is 2.21 bits per heavy atom. The summed E-state index contributed by atoms with van der Waals surface area (Å²) in [5.41, 5.74) is 0.613. The highest BCUT2D eigenvalue weighted by molar-refractivity contribution is 7.92. The first-order valence-corrected chi connectivity index (χ1v) is 12.7. The summed E-state index contributed by atoms with van der Waals surface area (Å²) < 4.78 is 39.2.